The first kappa shape index (κ1) is 64.4. The minimum Gasteiger partial charge on any atom is -0.462 e. The van der Waals surface area contributed by atoms with Crippen molar-refractivity contribution in [2.75, 3.05) is 13.2 Å². The van der Waals surface area contributed by atoms with Crippen molar-refractivity contribution in [3.63, 3.8) is 0 Å². The van der Waals surface area contributed by atoms with Gasteiger partial charge in [0, 0.05) is 19.3 Å². The molecular formula is C60H116O6. The molecule has 0 aliphatic rings. The van der Waals surface area contributed by atoms with Gasteiger partial charge in [-0.2, -0.15) is 0 Å². The third-order valence-corrected chi connectivity index (χ3v) is 13.8. The lowest BCUT2D eigenvalue weighted by Crippen LogP contribution is -2.30. The summed E-state index contributed by atoms with van der Waals surface area (Å²) in [4.78, 5) is 38.2. The third-order valence-electron chi connectivity index (χ3n) is 13.8. The third kappa shape index (κ3) is 53.4. The normalized spacial score (nSPS) is 12.0. The SMILES string of the molecule is CCCCCCCCCCCCCCCCCCC(=O)OC[C@@H](COC(=O)CCCCCCCCCCCCCCC)OC(=O)CCCCCCCCCCCCCCCCCCC(C)C. The number of carbonyl (C=O) groups excluding carboxylic acids is 3. The number of rotatable bonds is 55. The van der Waals surface area contributed by atoms with Gasteiger partial charge < -0.3 is 14.2 Å². The van der Waals surface area contributed by atoms with E-state index in [1.807, 2.05) is 0 Å². The van der Waals surface area contributed by atoms with Gasteiger partial charge in [0.1, 0.15) is 13.2 Å². The Bertz CT molecular complexity index is 996. The molecular weight excluding hydrogens is 817 g/mol. The fraction of sp³-hybridized carbons (Fsp3) is 0.950. The van der Waals surface area contributed by atoms with Crippen LogP contribution in [0.25, 0.3) is 0 Å². The van der Waals surface area contributed by atoms with E-state index in [-0.39, 0.29) is 31.1 Å². The highest BCUT2D eigenvalue weighted by Gasteiger charge is 2.19. The van der Waals surface area contributed by atoms with Crippen molar-refractivity contribution in [3.8, 4) is 0 Å². The van der Waals surface area contributed by atoms with Crippen molar-refractivity contribution < 1.29 is 28.6 Å². The van der Waals surface area contributed by atoms with Gasteiger partial charge in [-0.1, -0.05) is 304 Å². The van der Waals surface area contributed by atoms with Crippen LogP contribution in [0.15, 0.2) is 0 Å². The minimum absolute atomic E-state index is 0.0615. The zero-order valence-electron chi connectivity index (χ0n) is 45.2. The number of hydrogen-bond acceptors (Lipinski definition) is 6. The Kier molecular flexibility index (Phi) is 53.0. The van der Waals surface area contributed by atoms with Gasteiger partial charge in [0.25, 0.3) is 0 Å². The number of carbonyl (C=O) groups is 3. The van der Waals surface area contributed by atoms with Crippen LogP contribution in [0, 0.1) is 5.92 Å². The van der Waals surface area contributed by atoms with Crippen molar-refractivity contribution in [2.45, 2.75) is 348 Å². The molecule has 0 unspecified atom stereocenters. The maximum absolute atomic E-state index is 12.9. The Morgan fingerprint density at radius 1 is 0.288 bits per heavy atom. The number of hydrogen-bond donors (Lipinski definition) is 0. The summed E-state index contributed by atoms with van der Waals surface area (Å²) >= 11 is 0. The summed E-state index contributed by atoms with van der Waals surface area (Å²) in [7, 11) is 0. The molecule has 0 saturated heterocycles. The molecule has 0 amide bonds. The van der Waals surface area contributed by atoms with Crippen LogP contribution in [-0.4, -0.2) is 37.2 Å². The topological polar surface area (TPSA) is 78.9 Å². The molecule has 0 fully saturated rings. The van der Waals surface area contributed by atoms with Crippen LogP contribution in [0.3, 0.4) is 0 Å². The van der Waals surface area contributed by atoms with E-state index in [4.69, 9.17) is 14.2 Å². The summed E-state index contributed by atoms with van der Waals surface area (Å²) in [6.07, 6.45) is 59.5. The summed E-state index contributed by atoms with van der Waals surface area (Å²) in [5.74, 6) is 0.0196. The zero-order chi connectivity index (χ0) is 48.1. The van der Waals surface area contributed by atoms with Crippen molar-refractivity contribution in [1.82, 2.24) is 0 Å². The van der Waals surface area contributed by atoms with E-state index in [1.54, 1.807) is 0 Å². The molecule has 0 aliphatic heterocycles. The van der Waals surface area contributed by atoms with Gasteiger partial charge >= 0.3 is 17.9 Å². The molecule has 1 atom stereocenters. The van der Waals surface area contributed by atoms with Gasteiger partial charge in [-0.05, 0) is 25.2 Å². The van der Waals surface area contributed by atoms with Gasteiger partial charge in [-0.25, -0.2) is 0 Å². The van der Waals surface area contributed by atoms with E-state index in [1.165, 1.54) is 238 Å². The first-order valence-corrected chi connectivity index (χ1v) is 29.9. The van der Waals surface area contributed by atoms with Crippen LogP contribution in [0.5, 0.6) is 0 Å². The average Bonchev–Trinajstić information content (AvgIpc) is 3.30. The van der Waals surface area contributed by atoms with Crippen molar-refractivity contribution >= 4 is 17.9 Å². The maximum atomic E-state index is 12.9. The molecule has 0 N–H and O–H groups in total. The summed E-state index contributed by atoms with van der Waals surface area (Å²) in [6.45, 7) is 9.08. The standard InChI is InChI=1S/C60H116O6/c1-5-7-9-11-13-15-17-19-20-24-28-32-36-40-44-48-52-59(62)65-55-57(54-64-58(61)51-47-43-39-35-31-26-18-16-14-12-10-8-6-2)66-60(63)53-49-45-41-37-33-29-25-22-21-23-27-30-34-38-42-46-50-56(3)4/h56-57H,5-55H2,1-4H3/t57-/m1/s1. The molecule has 0 aliphatic carbocycles. The van der Waals surface area contributed by atoms with Crippen molar-refractivity contribution in [2.24, 2.45) is 5.92 Å². The predicted molar refractivity (Wildman–Crippen MR) is 284 cm³/mol. The number of esters is 3. The zero-order valence-corrected chi connectivity index (χ0v) is 45.2. The minimum atomic E-state index is -0.762. The fourth-order valence-electron chi connectivity index (χ4n) is 9.28. The van der Waals surface area contributed by atoms with Crippen LogP contribution in [0.2, 0.25) is 0 Å². The van der Waals surface area contributed by atoms with Crippen LogP contribution >= 0.6 is 0 Å². The first-order chi connectivity index (χ1) is 32.4. The van der Waals surface area contributed by atoms with Crippen LogP contribution < -0.4 is 0 Å². The Morgan fingerprint density at radius 3 is 0.742 bits per heavy atom. The smallest absolute Gasteiger partial charge is 0.306 e. The Hall–Kier alpha value is -1.59. The van der Waals surface area contributed by atoms with E-state index in [9.17, 15) is 14.4 Å². The molecule has 66 heavy (non-hydrogen) atoms. The van der Waals surface area contributed by atoms with Gasteiger partial charge in [-0.3, -0.25) is 14.4 Å². The lowest BCUT2D eigenvalue weighted by Gasteiger charge is -2.18. The molecule has 0 aromatic rings. The molecule has 6 heteroatoms. The molecule has 0 spiro atoms. The van der Waals surface area contributed by atoms with Gasteiger partial charge in [0.2, 0.25) is 0 Å². The highest BCUT2D eigenvalue weighted by atomic mass is 16.6. The van der Waals surface area contributed by atoms with Gasteiger partial charge in [0.15, 0.2) is 6.10 Å². The second-order valence-corrected chi connectivity index (χ2v) is 21.1. The van der Waals surface area contributed by atoms with E-state index in [0.717, 1.165) is 63.7 Å². The molecule has 0 saturated carbocycles. The quantitative estimate of drug-likeness (QED) is 0.0343. The Labute approximate surface area is 412 Å². The largest absolute Gasteiger partial charge is 0.462 e. The second-order valence-electron chi connectivity index (χ2n) is 21.1. The highest BCUT2D eigenvalue weighted by Crippen LogP contribution is 2.18. The summed E-state index contributed by atoms with van der Waals surface area (Å²) in [5.41, 5.74) is 0. The highest BCUT2D eigenvalue weighted by molar-refractivity contribution is 5.71. The second kappa shape index (κ2) is 54.4. The van der Waals surface area contributed by atoms with Crippen LogP contribution in [0.1, 0.15) is 342 Å². The number of ether oxygens (including phenoxy) is 3. The van der Waals surface area contributed by atoms with E-state index in [0.29, 0.717) is 19.3 Å². The number of unbranched alkanes of at least 4 members (excludes halogenated alkanes) is 42. The van der Waals surface area contributed by atoms with Crippen molar-refractivity contribution in [3.05, 3.63) is 0 Å². The lowest BCUT2D eigenvalue weighted by atomic mass is 10.0. The van der Waals surface area contributed by atoms with Gasteiger partial charge in [-0.15, -0.1) is 0 Å². The molecule has 0 rings (SSSR count). The molecule has 0 bridgehead atoms. The van der Waals surface area contributed by atoms with E-state index < -0.39 is 6.10 Å². The van der Waals surface area contributed by atoms with E-state index >= 15 is 0 Å². The Balaban J connectivity index is 4.27. The molecule has 0 aromatic heterocycles. The van der Waals surface area contributed by atoms with Crippen LogP contribution in [-0.2, 0) is 28.6 Å². The fourth-order valence-corrected chi connectivity index (χ4v) is 9.28. The van der Waals surface area contributed by atoms with Crippen LogP contribution in [0.4, 0.5) is 0 Å². The first-order valence-electron chi connectivity index (χ1n) is 29.9. The van der Waals surface area contributed by atoms with Crippen molar-refractivity contribution in [1.29, 1.82) is 0 Å². The average molecular weight is 934 g/mol. The molecule has 6 nitrogen and oxygen atoms in total. The molecule has 0 heterocycles. The molecule has 392 valence electrons. The van der Waals surface area contributed by atoms with Gasteiger partial charge in [0.05, 0.1) is 0 Å². The molecule has 0 aromatic carbocycles. The lowest BCUT2D eigenvalue weighted by molar-refractivity contribution is -0.167. The monoisotopic (exact) mass is 933 g/mol. The Morgan fingerprint density at radius 2 is 0.500 bits per heavy atom. The molecule has 0 radical (unpaired) electrons. The predicted octanol–water partition coefficient (Wildman–Crippen LogP) is 19.8. The summed E-state index contributed by atoms with van der Waals surface area (Å²) < 4.78 is 16.9. The summed E-state index contributed by atoms with van der Waals surface area (Å²) in [6, 6.07) is 0. The summed E-state index contributed by atoms with van der Waals surface area (Å²) in [5, 5.41) is 0. The maximum Gasteiger partial charge on any atom is 0.306 e. The van der Waals surface area contributed by atoms with E-state index in [2.05, 4.69) is 27.7 Å².